The van der Waals surface area contributed by atoms with Gasteiger partial charge in [-0.2, -0.15) is 0 Å². The molecule has 1 aromatic rings. The van der Waals surface area contributed by atoms with E-state index in [9.17, 15) is 9.18 Å². The second-order valence-corrected chi connectivity index (χ2v) is 4.34. The number of halogens is 1. The highest BCUT2D eigenvalue weighted by Crippen LogP contribution is 2.17. The third kappa shape index (κ3) is 3.44. The van der Waals surface area contributed by atoms with Crippen LogP contribution in [0, 0.1) is 12.7 Å². The number of rotatable bonds is 4. The zero-order chi connectivity index (χ0) is 13.0. The van der Waals surface area contributed by atoms with Crippen molar-refractivity contribution in [2.45, 2.75) is 39.7 Å². The van der Waals surface area contributed by atoms with Crippen molar-refractivity contribution in [2.24, 2.45) is 0 Å². The highest BCUT2D eigenvalue weighted by molar-refractivity contribution is 5.95. The summed E-state index contributed by atoms with van der Waals surface area (Å²) in [6, 6.07) is 2.81. The third-order valence-corrected chi connectivity index (χ3v) is 2.75. The number of carbonyl (C=O) groups excluding carboxylic acids is 1. The predicted molar refractivity (Wildman–Crippen MR) is 67.4 cm³/mol. The van der Waals surface area contributed by atoms with Crippen LogP contribution in [0.4, 0.5) is 10.1 Å². The van der Waals surface area contributed by atoms with Gasteiger partial charge in [0.25, 0.3) is 5.91 Å². The van der Waals surface area contributed by atoms with Crippen molar-refractivity contribution in [1.29, 1.82) is 0 Å². The summed E-state index contributed by atoms with van der Waals surface area (Å²) in [5.74, 6) is -0.727. The summed E-state index contributed by atoms with van der Waals surface area (Å²) in [6.45, 7) is 5.56. The predicted octanol–water partition coefficient (Wildman–Crippen LogP) is 2.63. The van der Waals surface area contributed by atoms with Gasteiger partial charge in [-0.3, -0.25) is 4.79 Å². The van der Waals surface area contributed by atoms with Crippen LogP contribution in [0.2, 0.25) is 0 Å². The molecule has 1 unspecified atom stereocenters. The van der Waals surface area contributed by atoms with E-state index in [-0.39, 0.29) is 17.5 Å². The number of amides is 1. The second kappa shape index (κ2) is 5.66. The van der Waals surface area contributed by atoms with Gasteiger partial charge in [0.15, 0.2) is 0 Å². The standard InChI is InChI=1S/C13H19FN2O/c1-4-5-8(2)16-13(17)10-6-11(14)9(3)12(15)7-10/h6-8H,4-5,15H2,1-3H3,(H,16,17). The smallest absolute Gasteiger partial charge is 0.251 e. The quantitative estimate of drug-likeness (QED) is 0.792. The Morgan fingerprint density at radius 2 is 2.18 bits per heavy atom. The topological polar surface area (TPSA) is 55.1 Å². The average Bonchev–Trinajstić information content (AvgIpc) is 2.25. The Morgan fingerprint density at radius 3 is 2.71 bits per heavy atom. The van der Waals surface area contributed by atoms with E-state index in [0.29, 0.717) is 11.3 Å². The van der Waals surface area contributed by atoms with Crippen molar-refractivity contribution in [1.82, 2.24) is 5.32 Å². The van der Waals surface area contributed by atoms with E-state index in [1.54, 1.807) is 6.92 Å². The third-order valence-electron chi connectivity index (χ3n) is 2.75. The van der Waals surface area contributed by atoms with Crippen molar-refractivity contribution in [3.8, 4) is 0 Å². The highest BCUT2D eigenvalue weighted by atomic mass is 19.1. The van der Waals surface area contributed by atoms with E-state index in [0.717, 1.165) is 12.8 Å². The summed E-state index contributed by atoms with van der Waals surface area (Å²) in [5, 5.41) is 2.81. The Labute approximate surface area is 101 Å². The van der Waals surface area contributed by atoms with Gasteiger partial charge in [-0.1, -0.05) is 13.3 Å². The van der Waals surface area contributed by atoms with Crippen molar-refractivity contribution in [2.75, 3.05) is 5.73 Å². The SMILES string of the molecule is CCCC(C)NC(=O)c1cc(N)c(C)c(F)c1. The summed E-state index contributed by atoms with van der Waals surface area (Å²) in [7, 11) is 0. The Kier molecular flexibility index (Phi) is 4.49. The zero-order valence-corrected chi connectivity index (χ0v) is 10.5. The van der Waals surface area contributed by atoms with Gasteiger partial charge in [-0.15, -0.1) is 0 Å². The normalized spacial score (nSPS) is 12.2. The maximum absolute atomic E-state index is 13.4. The molecule has 0 aromatic heterocycles. The maximum Gasteiger partial charge on any atom is 0.251 e. The van der Waals surface area contributed by atoms with E-state index >= 15 is 0 Å². The molecule has 0 fully saturated rings. The first-order valence-electron chi connectivity index (χ1n) is 5.82. The molecule has 0 aliphatic carbocycles. The van der Waals surface area contributed by atoms with E-state index in [1.807, 2.05) is 13.8 Å². The maximum atomic E-state index is 13.4. The minimum atomic E-state index is -0.446. The van der Waals surface area contributed by atoms with Crippen LogP contribution in [0.1, 0.15) is 42.6 Å². The fourth-order valence-electron chi connectivity index (χ4n) is 1.64. The lowest BCUT2D eigenvalue weighted by atomic mass is 10.1. The van der Waals surface area contributed by atoms with Gasteiger partial charge in [-0.25, -0.2) is 4.39 Å². The first-order valence-corrected chi connectivity index (χ1v) is 5.82. The fraction of sp³-hybridized carbons (Fsp3) is 0.462. The Balaban J connectivity index is 2.83. The fourth-order valence-corrected chi connectivity index (χ4v) is 1.64. The van der Waals surface area contributed by atoms with Gasteiger partial charge >= 0.3 is 0 Å². The number of hydrogen-bond acceptors (Lipinski definition) is 2. The summed E-state index contributed by atoms with van der Waals surface area (Å²) < 4.78 is 13.4. The lowest BCUT2D eigenvalue weighted by Gasteiger charge is -2.13. The van der Waals surface area contributed by atoms with E-state index < -0.39 is 5.82 Å². The molecule has 0 saturated carbocycles. The van der Waals surface area contributed by atoms with Crippen LogP contribution in [-0.4, -0.2) is 11.9 Å². The molecule has 94 valence electrons. The molecule has 1 rings (SSSR count). The number of nitrogens with two attached hydrogens (primary N) is 1. The van der Waals surface area contributed by atoms with Crippen molar-refractivity contribution < 1.29 is 9.18 Å². The largest absolute Gasteiger partial charge is 0.398 e. The molecule has 0 spiro atoms. The van der Waals surface area contributed by atoms with Crippen LogP contribution in [0.3, 0.4) is 0 Å². The summed E-state index contributed by atoms with van der Waals surface area (Å²) in [6.07, 6.45) is 1.89. The molecule has 1 amide bonds. The van der Waals surface area contributed by atoms with Crippen molar-refractivity contribution >= 4 is 11.6 Å². The Bertz CT molecular complexity index is 395. The Hall–Kier alpha value is -1.58. The molecule has 3 nitrogen and oxygen atoms in total. The van der Waals surface area contributed by atoms with Crippen LogP contribution < -0.4 is 11.1 Å². The van der Waals surface area contributed by atoms with Crippen LogP contribution >= 0.6 is 0 Å². The lowest BCUT2D eigenvalue weighted by molar-refractivity contribution is 0.0938. The molecule has 0 radical (unpaired) electrons. The molecule has 0 bridgehead atoms. The van der Waals surface area contributed by atoms with Crippen molar-refractivity contribution in [3.63, 3.8) is 0 Å². The molecule has 4 heteroatoms. The van der Waals surface area contributed by atoms with Crippen LogP contribution in [0.25, 0.3) is 0 Å². The van der Waals surface area contributed by atoms with Gasteiger partial charge in [0, 0.05) is 22.9 Å². The highest BCUT2D eigenvalue weighted by Gasteiger charge is 2.12. The molecule has 17 heavy (non-hydrogen) atoms. The van der Waals surface area contributed by atoms with Crippen molar-refractivity contribution in [3.05, 3.63) is 29.1 Å². The zero-order valence-electron chi connectivity index (χ0n) is 10.5. The molecule has 1 atom stereocenters. The number of nitrogens with one attached hydrogen (secondary N) is 1. The van der Waals surface area contributed by atoms with Crippen LogP contribution in [-0.2, 0) is 0 Å². The van der Waals surface area contributed by atoms with E-state index in [2.05, 4.69) is 5.32 Å². The number of anilines is 1. The van der Waals surface area contributed by atoms with Gasteiger partial charge in [0.2, 0.25) is 0 Å². The first kappa shape index (κ1) is 13.5. The summed E-state index contributed by atoms with van der Waals surface area (Å²) >= 11 is 0. The lowest BCUT2D eigenvalue weighted by Crippen LogP contribution is -2.32. The average molecular weight is 238 g/mol. The van der Waals surface area contributed by atoms with Gasteiger partial charge in [-0.05, 0) is 32.4 Å². The monoisotopic (exact) mass is 238 g/mol. The molecule has 0 aliphatic heterocycles. The summed E-state index contributed by atoms with van der Waals surface area (Å²) in [4.78, 5) is 11.8. The second-order valence-electron chi connectivity index (χ2n) is 4.34. The molecule has 0 saturated heterocycles. The van der Waals surface area contributed by atoms with Gasteiger partial charge in [0.05, 0.1) is 0 Å². The number of nitrogen functional groups attached to an aromatic ring is 1. The molecule has 3 N–H and O–H groups in total. The Morgan fingerprint density at radius 1 is 1.53 bits per heavy atom. The van der Waals surface area contributed by atoms with Gasteiger partial charge < -0.3 is 11.1 Å². The number of carbonyl (C=O) groups is 1. The first-order chi connectivity index (χ1) is 7.95. The minimum Gasteiger partial charge on any atom is -0.398 e. The summed E-state index contributed by atoms with van der Waals surface area (Å²) in [5.41, 5.74) is 6.58. The number of hydrogen-bond donors (Lipinski definition) is 2. The van der Waals surface area contributed by atoms with E-state index in [4.69, 9.17) is 5.73 Å². The molecule has 0 heterocycles. The molecule has 0 aliphatic rings. The number of benzene rings is 1. The van der Waals surface area contributed by atoms with Crippen LogP contribution in [0.5, 0.6) is 0 Å². The molecule has 1 aromatic carbocycles. The van der Waals surface area contributed by atoms with Crippen LogP contribution in [0.15, 0.2) is 12.1 Å². The van der Waals surface area contributed by atoms with E-state index in [1.165, 1.54) is 12.1 Å². The minimum absolute atomic E-state index is 0.0816. The molecular formula is C13H19FN2O. The van der Waals surface area contributed by atoms with Gasteiger partial charge in [0.1, 0.15) is 5.82 Å². The molecular weight excluding hydrogens is 219 g/mol.